The number of aliphatic carboxylic acids is 1. The summed E-state index contributed by atoms with van der Waals surface area (Å²) < 4.78 is 5.71. The summed E-state index contributed by atoms with van der Waals surface area (Å²) in [6, 6.07) is 25.6. The quantitative estimate of drug-likeness (QED) is 0.303. The van der Waals surface area contributed by atoms with Crippen molar-refractivity contribution in [3.8, 4) is 5.75 Å². The summed E-state index contributed by atoms with van der Waals surface area (Å²) in [5.74, 6) is -1.51. The van der Waals surface area contributed by atoms with Crippen molar-refractivity contribution in [1.82, 2.24) is 0 Å². The first kappa shape index (κ1) is 20.7. The van der Waals surface area contributed by atoms with Crippen LogP contribution in [0.15, 0.2) is 96.2 Å². The Morgan fingerprint density at radius 3 is 1.97 bits per heavy atom. The fourth-order valence-corrected chi connectivity index (χ4v) is 2.85. The molecular weight excluding hydrogens is 380 g/mol. The molecule has 0 fully saturated rings. The van der Waals surface area contributed by atoms with Crippen LogP contribution in [0.2, 0.25) is 0 Å². The molecule has 6 heteroatoms. The molecule has 4 N–H and O–H groups in total. The Bertz CT molecular complexity index is 1030. The van der Waals surface area contributed by atoms with Crippen LogP contribution in [0.5, 0.6) is 5.75 Å². The fourth-order valence-electron chi connectivity index (χ4n) is 2.85. The summed E-state index contributed by atoms with van der Waals surface area (Å²) in [6.45, 7) is 0.425. The van der Waals surface area contributed by atoms with Gasteiger partial charge in [0.2, 0.25) is 0 Å². The van der Waals surface area contributed by atoms with E-state index >= 15 is 0 Å². The third kappa shape index (κ3) is 5.72. The van der Waals surface area contributed by atoms with Gasteiger partial charge in [-0.15, -0.1) is 0 Å². The molecule has 1 amide bonds. The van der Waals surface area contributed by atoms with Gasteiger partial charge in [0, 0.05) is 17.8 Å². The van der Waals surface area contributed by atoms with Crippen molar-refractivity contribution >= 4 is 17.6 Å². The highest BCUT2D eigenvalue weighted by atomic mass is 16.5. The molecule has 152 valence electrons. The van der Waals surface area contributed by atoms with Crippen LogP contribution < -0.4 is 15.8 Å². The molecule has 0 aliphatic heterocycles. The lowest BCUT2D eigenvalue weighted by molar-refractivity contribution is -0.134. The summed E-state index contributed by atoms with van der Waals surface area (Å²) in [6.07, 6.45) is 0.169. The minimum Gasteiger partial charge on any atom is -0.489 e. The standard InChI is InChI=1S/C24H22N2O4/c25-21(15-17-7-3-1-4-8-17)22(24(28)29)23(27)26-19-11-13-20(14-12-19)30-16-18-9-5-2-6-10-18/h1-14H,15-16,25H2,(H,26,27)(H,28,29)/b22-21-. The summed E-state index contributed by atoms with van der Waals surface area (Å²) in [5.41, 5.74) is 7.77. The highest BCUT2D eigenvalue weighted by Crippen LogP contribution is 2.18. The van der Waals surface area contributed by atoms with Crippen molar-refractivity contribution in [3.05, 3.63) is 107 Å². The second-order valence-electron chi connectivity index (χ2n) is 6.62. The molecule has 30 heavy (non-hydrogen) atoms. The molecule has 0 aliphatic carbocycles. The van der Waals surface area contributed by atoms with Crippen LogP contribution in [0.25, 0.3) is 0 Å². The van der Waals surface area contributed by atoms with E-state index in [1.54, 1.807) is 24.3 Å². The van der Waals surface area contributed by atoms with E-state index in [0.717, 1.165) is 11.1 Å². The molecule has 0 aromatic heterocycles. The predicted molar refractivity (Wildman–Crippen MR) is 115 cm³/mol. The Balaban J connectivity index is 1.65. The molecule has 3 rings (SSSR count). The number of amides is 1. The molecule has 3 aromatic rings. The van der Waals surface area contributed by atoms with E-state index in [0.29, 0.717) is 18.0 Å². The SMILES string of the molecule is N/C(Cc1ccccc1)=C(\C(=O)O)C(=O)Nc1ccc(OCc2ccccc2)cc1. The van der Waals surface area contributed by atoms with E-state index in [9.17, 15) is 14.7 Å². The monoisotopic (exact) mass is 402 g/mol. The van der Waals surface area contributed by atoms with Crippen LogP contribution in [-0.4, -0.2) is 17.0 Å². The first-order valence-electron chi connectivity index (χ1n) is 9.37. The number of allylic oxidation sites excluding steroid dienone is 1. The summed E-state index contributed by atoms with van der Waals surface area (Å²) in [5, 5.41) is 12.1. The zero-order chi connectivity index (χ0) is 21.3. The van der Waals surface area contributed by atoms with Gasteiger partial charge >= 0.3 is 5.97 Å². The lowest BCUT2D eigenvalue weighted by Gasteiger charge is -2.11. The van der Waals surface area contributed by atoms with E-state index in [2.05, 4.69) is 5.32 Å². The summed E-state index contributed by atoms with van der Waals surface area (Å²) in [4.78, 5) is 24.1. The van der Waals surface area contributed by atoms with E-state index in [1.165, 1.54) is 0 Å². The van der Waals surface area contributed by atoms with Crippen LogP contribution in [0.4, 0.5) is 5.69 Å². The lowest BCUT2D eigenvalue weighted by atomic mass is 10.1. The predicted octanol–water partition coefficient (Wildman–Crippen LogP) is 3.74. The number of hydrogen-bond donors (Lipinski definition) is 3. The van der Waals surface area contributed by atoms with Crippen molar-refractivity contribution in [2.45, 2.75) is 13.0 Å². The van der Waals surface area contributed by atoms with Gasteiger partial charge in [-0.05, 0) is 35.4 Å². The first-order chi connectivity index (χ1) is 14.5. The third-order valence-electron chi connectivity index (χ3n) is 4.36. The topological polar surface area (TPSA) is 102 Å². The van der Waals surface area contributed by atoms with Crippen molar-refractivity contribution in [2.75, 3.05) is 5.32 Å². The Labute approximate surface area is 174 Å². The maximum Gasteiger partial charge on any atom is 0.343 e. The highest BCUT2D eigenvalue weighted by Gasteiger charge is 2.21. The minimum atomic E-state index is -1.37. The number of carboxylic acid groups (broad SMARTS) is 1. The Hall–Kier alpha value is -4.06. The van der Waals surface area contributed by atoms with Gasteiger partial charge in [-0.3, -0.25) is 4.79 Å². The van der Waals surface area contributed by atoms with Crippen LogP contribution in [-0.2, 0) is 22.6 Å². The van der Waals surface area contributed by atoms with Gasteiger partial charge in [0.25, 0.3) is 5.91 Å². The van der Waals surface area contributed by atoms with Crippen LogP contribution >= 0.6 is 0 Å². The van der Waals surface area contributed by atoms with Gasteiger partial charge in [-0.25, -0.2) is 4.79 Å². The molecule has 6 nitrogen and oxygen atoms in total. The van der Waals surface area contributed by atoms with E-state index in [1.807, 2.05) is 60.7 Å². The maximum atomic E-state index is 12.5. The average Bonchev–Trinajstić information content (AvgIpc) is 2.74. The highest BCUT2D eigenvalue weighted by molar-refractivity contribution is 6.21. The number of carbonyl (C=O) groups excluding carboxylic acids is 1. The zero-order valence-electron chi connectivity index (χ0n) is 16.2. The van der Waals surface area contributed by atoms with E-state index in [-0.39, 0.29) is 12.1 Å². The second kappa shape index (κ2) is 9.93. The molecule has 0 bridgehead atoms. The number of nitrogens with one attached hydrogen (secondary N) is 1. The smallest absolute Gasteiger partial charge is 0.343 e. The number of carbonyl (C=O) groups is 2. The molecule has 0 saturated carbocycles. The molecule has 0 spiro atoms. The number of hydrogen-bond acceptors (Lipinski definition) is 4. The lowest BCUT2D eigenvalue weighted by Crippen LogP contribution is -2.25. The molecule has 0 saturated heterocycles. The van der Waals surface area contributed by atoms with Crippen molar-refractivity contribution in [3.63, 3.8) is 0 Å². The van der Waals surface area contributed by atoms with Gasteiger partial charge in [-0.2, -0.15) is 0 Å². The second-order valence-corrected chi connectivity index (χ2v) is 6.62. The number of benzene rings is 3. The van der Waals surface area contributed by atoms with Gasteiger partial charge in [0.1, 0.15) is 17.9 Å². The van der Waals surface area contributed by atoms with E-state index < -0.39 is 17.4 Å². The largest absolute Gasteiger partial charge is 0.489 e. The molecule has 0 unspecified atom stereocenters. The molecule has 3 aromatic carbocycles. The maximum absolute atomic E-state index is 12.5. The molecule has 0 aliphatic rings. The molecule has 0 atom stereocenters. The zero-order valence-corrected chi connectivity index (χ0v) is 16.2. The number of nitrogens with two attached hydrogens (primary N) is 1. The van der Waals surface area contributed by atoms with Crippen LogP contribution in [0.3, 0.4) is 0 Å². The van der Waals surface area contributed by atoms with Crippen molar-refractivity contribution in [2.24, 2.45) is 5.73 Å². The normalized spacial score (nSPS) is 11.3. The Morgan fingerprint density at radius 2 is 1.40 bits per heavy atom. The number of anilines is 1. The molecular formula is C24H22N2O4. The van der Waals surface area contributed by atoms with Gasteiger partial charge in [0.15, 0.2) is 0 Å². The summed E-state index contributed by atoms with van der Waals surface area (Å²) >= 11 is 0. The minimum absolute atomic E-state index is 0.00554. The molecule has 0 radical (unpaired) electrons. The van der Waals surface area contributed by atoms with Gasteiger partial charge in [0.05, 0.1) is 0 Å². The average molecular weight is 402 g/mol. The van der Waals surface area contributed by atoms with Crippen molar-refractivity contribution < 1.29 is 19.4 Å². The number of carboxylic acids is 1. The fraction of sp³-hybridized carbons (Fsp3) is 0.0833. The number of rotatable bonds is 8. The van der Waals surface area contributed by atoms with Gasteiger partial charge < -0.3 is 20.9 Å². The first-order valence-corrected chi connectivity index (χ1v) is 9.37. The molecule has 0 heterocycles. The van der Waals surface area contributed by atoms with Crippen LogP contribution in [0.1, 0.15) is 11.1 Å². The Kier molecular flexibility index (Phi) is 6.84. The Morgan fingerprint density at radius 1 is 0.833 bits per heavy atom. The van der Waals surface area contributed by atoms with Crippen LogP contribution in [0, 0.1) is 0 Å². The summed E-state index contributed by atoms with van der Waals surface area (Å²) in [7, 11) is 0. The van der Waals surface area contributed by atoms with Crippen molar-refractivity contribution in [1.29, 1.82) is 0 Å². The van der Waals surface area contributed by atoms with Gasteiger partial charge in [-0.1, -0.05) is 60.7 Å². The third-order valence-corrected chi connectivity index (χ3v) is 4.36. The number of ether oxygens (including phenoxy) is 1. The van der Waals surface area contributed by atoms with E-state index in [4.69, 9.17) is 10.5 Å².